The highest BCUT2D eigenvalue weighted by Crippen LogP contribution is 2.22. The molecule has 0 bridgehead atoms. The van der Waals surface area contributed by atoms with Gasteiger partial charge < -0.3 is 10.5 Å². The summed E-state index contributed by atoms with van der Waals surface area (Å²) in [6.07, 6.45) is 2.22. The Morgan fingerprint density at radius 2 is 2.20 bits per heavy atom. The second-order valence-corrected chi connectivity index (χ2v) is 4.02. The van der Waals surface area contributed by atoms with Crippen LogP contribution in [-0.2, 0) is 28.8 Å². The Morgan fingerprint density at radius 3 is 2.93 bits per heavy atom. The minimum absolute atomic E-state index is 0.197. The highest BCUT2D eigenvalue weighted by molar-refractivity contribution is 5.72. The summed E-state index contributed by atoms with van der Waals surface area (Å²) < 4.78 is 4.63. The summed E-state index contributed by atoms with van der Waals surface area (Å²) in [7, 11) is 1.41. The number of methoxy groups -OCH3 is 1. The van der Waals surface area contributed by atoms with Crippen molar-refractivity contribution in [3.05, 3.63) is 34.9 Å². The van der Waals surface area contributed by atoms with E-state index in [0.717, 1.165) is 18.4 Å². The molecule has 80 valence electrons. The third kappa shape index (κ3) is 2.18. The minimum atomic E-state index is -0.197. The van der Waals surface area contributed by atoms with Gasteiger partial charge in [0, 0.05) is 6.04 Å². The molecule has 0 heterocycles. The molecular formula is C12H15NO2. The van der Waals surface area contributed by atoms with Crippen molar-refractivity contribution in [2.24, 2.45) is 5.73 Å². The van der Waals surface area contributed by atoms with Gasteiger partial charge in [-0.2, -0.15) is 0 Å². The molecule has 0 aromatic heterocycles. The third-order valence-electron chi connectivity index (χ3n) is 2.81. The van der Waals surface area contributed by atoms with Crippen molar-refractivity contribution in [1.29, 1.82) is 0 Å². The van der Waals surface area contributed by atoms with Crippen molar-refractivity contribution in [3.63, 3.8) is 0 Å². The van der Waals surface area contributed by atoms with Crippen LogP contribution in [0.1, 0.15) is 16.7 Å². The number of fused-ring (bicyclic) bond motifs is 1. The van der Waals surface area contributed by atoms with Crippen LogP contribution in [0.5, 0.6) is 0 Å². The van der Waals surface area contributed by atoms with Gasteiger partial charge in [0.15, 0.2) is 0 Å². The van der Waals surface area contributed by atoms with Gasteiger partial charge in [-0.3, -0.25) is 4.79 Å². The molecule has 0 radical (unpaired) electrons. The molecule has 0 saturated carbocycles. The molecule has 1 unspecified atom stereocenters. The van der Waals surface area contributed by atoms with E-state index in [1.807, 2.05) is 6.07 Å². The zero-order chi connectivity index (χ0) is 10.8. The second kappa shape index (κ2) is 4.03. The van der Waals surface area contributed by atoms with Crippen LogP contribution >= 0.6 is 0 Å². The summed E-state index contributed by atoms with van der Waals surface area (Å²) in [5, 5.41) is 0. The molecule has 0 fully saturated rings. The number of hydrogen-bond acceptors (Lipinski definition) is 3. The number of carbonyl (C=O) groups is 1. The van der Waals surface area contributed by atoms with Crippen LogP contribution < -0.4 is 5.73 Å². The average molecular weight is 205 g/mol. The van der Waals surface area contributed by atoms with E-state index >= 15 is 0 Å². The van der Waals surface area contributed by atoms with Gasteiger partial charge >= 0.3 is 5.97 Å². The first-order chi connectivity index (χ1) is 7.19. The smallest absolute Gasteiger partial charge is 0.309 e. The van der Waals surface area contributed by atoms with E-state index in [1.54, 1.807) is 0 Å². The first-order valence-corrected chi connectivity index (χ1v) is 5.12. The number of esters is 1. The SMILES string of the molecule is COC(=O)Cc1ccc2c(c1)CC(N)C2. The lowest BCUT2D eigenvalue weighted by Gasteiger charge is -2.03. The lowest BCUT2D eigenvalue weighted by atomic mass is 10.0. The second-order valence-electron chi connectivity index (χ2n) is 4.02. The molecule has 2 N–H and O–H groups in total. The predicted molar refractivity (Wildman–Crippen MR) is 57.5 cm³/mol. The first kappa shape index (κ1) is 10.2. The fourth-order valence-electron chi connectivity index (χ4n) is 2.05. The van der Waals surface area contributed by atoms with Crippen LogP contribution in [0, 0.1) is 0 Å². The van der Waals surface area contributed by atoms with Crippen molar-refractivity contribution in [2.75, 3.05) is 7.11 Å². The summed E-state index contributed by atoms with van der Waals surface area (Å²) >= 11 is 0. The van der Waals surface area contributed by atoms with Gasteiger partial charge in [0.25, 0.3) is 0 Å². The Kier molecular flexibility index (Phi) is 2.73. The summed E-state index contributed by atoms with van der Waals surface area (Å²) in [6, 6.07) is 6.36. The topological polar surface area (TPSA) is 52.3 Å². The standard InChI is InChI=1S/C12H15NO2/c1-15-12(14)5-8-2-3-9-6-11(13)7-10(9)4-8/h2-4,11H,5-7,13H2,1H3. The molecule has 1 aromatic rings. The third-order valence-corrected chi connectivity index (χ3v) is 2.81. The molecule has 1 aliphatic carbocycles. The fraction of sp³-hybridized carbons (Fsp3) is 0.417. The summed E-state index contributed by atoms with van der Waals surface area (Å²) in [5.74, 6) is -0.197. The van der Waals surface area contributed by atoms with Gasteiger partial charge in [-0.1, -0.05) is 18.2 Å². The maximum absolute atomic E-state index is 11.1. The zero-order valence-electron chi connectivity index (χ0n) is 8.82. The molecule has 15 heavy (non-hydrogen) atoms. The minimum Gasteiger partial charge on any atom is -0.469 e. The van der Waals surface area contributed by atoms with E-state index in [0.29, 0.717) is 6.42 Å². The molecule has 0 saturated heterocycles. The maximum atomic E-state index is 11.1. The summed E-state index contributed by atoms with van der Waals surface area (Å²) in [5.41, 5.74) is 9.48. The Labute approximate surface area is 89.2 Å². The van der Waals surface area contributed by atoms with E-state index in [9.17, 15) is 4.79 Å². The molecule has 2 rings (SSSR count). The Morgan fingerprint density at radius 1 is 1.47 bits per heavy atom. The van der Waals surface area contributed by atoms with Gasteiger partial charge in [0.05, 0.1) is 13.5 Å². The number of rotatable bonds is 2. The van der Waals surface area contributed by atoms with Crippen LogP contribution in [0.3, 0.4) is 0 Å². The van der Waals surface area contributed by atoms with E-state index in [4.69, 9.17) is 5.73 Å². The Hall–Kier alpha value is -1.35. The van der Waals surface area contributed by atoms with Gasteiger partial charge in [-0.25, -0.2) is 0 Å². The molecular weight excluding hydrogens is 190 g/mol. The van der Waals surface area contributed by atoms with E-state index < -0.39 is 0 Å². The van der Waals surface area contributed by atoms with Crippen molar-refractivity contribution >= 4 is 5.97 Å². The first-order valence-electron chi connectivity index (χ1n) is 5.12. The Bertz CT molecular complexity index is 387. The molecule has 1 aromatic carbocycles. The van der Waals surface area contributed by atoms with E-state index in [1.165, 1.54) is 18.2 Å². The van der Waals surface area contributed by atoms with Gasteiger partial charge in [-0.05, 0) is 29.5 Å². The van der Waals surface area contributed by atoms with Crippen molar-refractivity contribution in [1.82, 2.24) is 0 Å². The zero-order valence-corrected chi connectivity index (χ0v) is 8.82. The number of carbonyl (C=O) groups excluding carboxylic acids is 1. The number of benzene rings is 1. The molecule has 3 heteroatoms. The van der Waals surface area contributed by atoms with Crippen molar-refractivity contribution < 1.29 is 9.53 Å². The van der Waals surface area contributed by atoms with Crippen LogP contribution in [0.4, 0.5) is 0 Å². The van der Waals surface area contributed by atoms with Gasteiger partial charge in [0.2, 0.25) is 0 Å². The number of hydrogen-bond donors (Lipinski definition) is 1. The molecule has 0 amide bonds. The van der Waals surface area contributed by atoms with E-state index in [-0.39, 0.29) is 12.0 Å². The summed E-state index contributed by atoms with van der Waals surface area (Å²) in [6.45, 7) is 0. The Balaban J connectivity index is 2.16. The lowest BCUT2D eigenvalue weighted by molar-refractivity contribution is -0.139. The molecule has 1 atom stereocenters. The fourth-order valence-corrected chi connectivity index (χ4v) is 2.05. The lowest BCUT2D eigenvalue weighted by Crippen LogP contribution is -2.18. The van der Waals surface area contributed by atoms with Crippen LogP contribution in [0.2, 0.25) is 0 Å². The van der Waals surface area contributed by atoms with Gasteiger partial charge in [0.1, 0.15) is 0 Å². The van der Waals surface area contributed by atoms with Crippen LogP contribution in [0.25, 0.3) is 0 Å². The molecule has 0 spiro atoms. The van der Waals surface area contributed by atoms with Crippen LogP contribution in [0.15, 0.2) is 18.2 Å². The van der Waals surface area contributed by atoms with E-state index in [2.05, 4.69) is 16.9 Å². The van der Waals surface area contributed by atoms with Gasteiger partial charge in [-0.15, -0.1) is 0 Å². The summed E-state index contributed by atoms with van der Waals surface area (Å²) in [4.78, 5) is 11.1. The quantitative estimate of drug-likeness (QED) is 0.727. The number of ether oxygens (including phenoxy) is 1. The van der Waals surface area contributed by atoms with Crippen LogP contribution in [-0.4, -0.2) is 19.1 Å². The average Bonchev–Trinajstić information content (AvgIpc) is 2.57. The monoisotopic (exact) mass is 205 g/mol. The maximum Gasteiger partial charge on any atom is 0.309 e. The predicted octanol–water partition coefficient (Wildman–Crippen LogP) is 0.828. The largest absolute Gasteiger partial charge is 0.469 e. The molecule has 3 nitrogen and oxygen atoms in total. The number of nitrogens with two attached hydrogens (primary N) is 1. The normalized spacial score (nSPS) is 18.7. The highest BCUT2D eigenvalue weighted by atomic mass is 16.5. The molecule has 1 aliphatic rings. The highest BCUT2D eigenvalue weighted by Gasteiger charge is 2.18. The van der Waals surface area contributed by atoms with Crippen molar-refractivity contribution in [2.45, 2.75) is 25.3 Å². The molecule has 0 aliphatic heterocycles. The van der Waals surface area contributed by atoms with Crippen molar-refractivity contribution in [3.8, 4) is 0 Å².